The zero-order valence-corrected chi connectivity index (χ0v) is 13.0. The van der Waals surface area contributed by atoms with Crippen LogP contribution in [0.4, 0.5) is 5.82 Å². The molecule has 2 fully saturated rings. The standard InChI is InChI=1S/C15H18N4O2S/c20-22(21,12-5-6-12)19-9-7-18(8-10-19)15-11-16-13-3-1-2-4-14(13)17-15/h1-4,11-12H,5-10H2. The molecule has 0 radical (unpaired) electrons. The van der Waals surface area contributed by atoms with Crippen molar-refractivity contribution in [3.63, 3.8) is 0 Å². The molecule has 2 aromatic rings. The predicted molar refractivity (Wildman–Crippen MR) is 85.3 cm³/mol. The number of nitrogens with zero attached hydrogens (tertiary/aromatic N) is 4. The molecule has 4 rings (SSSR count). The number of rotatable bonds is 3. The number of hydrogen-bond acceptors (Lipinski definition) is 5. The molecule has 0 N–H and O–H groups in total. The topological polar surface area (TPSA) is 66.4 Å². The molecule has 1 saturated heterocycles. The monoisotopic (exact) mass is 318 g/mol. The third-order valence-electron chi connectivity index (χ3n) is 4.30. The van der Waals surface area contributed by atoms with Gasteiger partial charge in [-0.2, -0.15) is 4.31 Å². The van der Waals surface area contributed by atoms with Gasteiger partial charge in [-0.25, -0.2) is 13.4 Å². The number of piperazine rings is 1. The molecule has 0 atom stereocenters. The highest BCUT2D eigenvalue weighted by atomic mass is 32.2. The second-order valence-corrected chi connectivity index (χ2v) is 8.06. The van der Waals surface area contributed by atoms with Crippen LogP contribution in [0, 0.1) is 0 Å². The first-order valence-electron chi connectivity index (χ1n) is 7.60. The first kappa shape index (κ1) is 13.9. The number of benzene rings is 1. The molecule has 1 aromatic heterocycles. The summed E-state index contributed by atoms with van der Waals surface area (Å²) in [5, 5.41) is -0.125. The summed E-state index contributed by atoms with van der Waals surface area (Å²) in [6.45, 7) is 2.40. The van der Waals surface area contributed by atoms with E-state index in [2.05, 4.69) is 14.9 Å². The van der Waals surface area contributed by atoms with Gasteiger partial charge in [0.15, 0.2) is 0 Å². The lowest BCUT2D eigenvalue weighted by Crippen LogP contribution is -2.49. The second kappa shape index (κ2) is 5.17. The van der Waals surface area contributed by atoms with Crippen molar-refractivity contribution in [2.45, 2.75) is 18.1 Å². The Hall–Kier alpha value is -1.73. The van der Waals surface area contributed by atoms with Crippen LogP contribution in [0.15, 0.2) is 30.5 Å². The minimum atomic E-state index is -3.06. The van der Waals surface area contributed by atoms with E-state index in [1.807, 2.05) is 24.3 Å². The van der Waals surface area contributed by atoms with Crippen LogP contribution in [0.1, 0.15) is 12.8 Å². The van der Waals surface area contributed by atoms with Gasteiger partial charge in [0.1, 0.15) is 5.82 Å². The summed E-state index contributed by atoms with van der Waals surface area (Å²) in [7, 11) is -3.06. The molecule has 7 heteroatoms. The van der Waals surface area contributed by atoms with E-state index in [1.54, 1.807) is 10.5 Å². The van der Waals surface area contributed by atoms with Gasteiger partial charge in [-0.15, -0.1) is 0 Å². The van der Waals surface area contributed by atoms with E-state index in [1.165, 1.54) is 0 Å². The van der Waals surface area contributed by atoms with E-state index in [-0.39, 0.29) is 5.25 Å². The molecule has 6 nitrogen and oxygen atoms in total. The Morgan fingerprint density at radius 3 is 2.36 bits per heavy atom. The Labute approximate surface area is 129 Å². The molecule has 0 unspecified atom stereocenters. The lowest BCUT2D eigenvalue weighted by molar-refractivity contribution is 0.383. The second-order valence-electron chi connectivity index (χ2n) is 5.85. The van der Waals surface area contributed by atoms with Crippen molar-refractivity contribution in [1.29, 1.82) is 0 Å². The van der Waals surface area contributed by atoms with Gasteiger partial charge < -0.3 is 4.90 Å². The van der Waals surface area contributed by atoms with E-state index >= 15 is 0 Å². The van der Waals surface area contributed by atoms with Gasteiger partial charge >= 0.3 is 0 Å². The number of aromatic nitrogens is 2. The van der Waals surface area contributed by atoms with Crippen LogP contribution >= 0.6 is 0 Å². The summed E-state index contributed by atoms with van der Waals surface area (Å²) in [6.07, 6.45) is 3.41. The fourth-order valence-electron chi connectivity index (χ4n) is 2.85. The van der Waals surface area contributed by atoms with Crippen molar-refractivity contribution in [1.82, 2.24) is 14.3 Å². The summed E-state index contributed by atoms with van der Waals surface area (Å²) in [6, 6.07) is 7.77. The van der Waals surface area contributed by atoms with Crippen LogP contribution in [0.3, 0.4) is 0 Å². The largest absolute Gasteiger partial charge is 0.353 e. The lowest BCUT2D eigenvalue weighted by atomic mass is 10.3. The molecular weight excluding hydrogens is 300 g/mol. The molecule has 2 aliphatic rings. The third kappa shape index (κ3) is 2.44. The Morgan fingerprint density at radius 2 is 1.68 bits per heavy atom. The van der Waals surface area contributed by atoms with E-state index < -0.39 is 10.0 Å². The van der Waals surface area contributed by atoms with E-state index in [9.17, 15) is 8.42 Å². The molecule has 2 heterocycles. The quantitative estimate of drug-likeness (QED) is 0.852. The average molecular weight is 318 g/mol. The van der Waals surface area contributed by atoms with Crippen LogP contribution in [0.2, 0.25) is 0 Å². The van der Waals surface area contributed by atoms with E-state index in [0.717, 1.165) is 29.7 Å². The number of fused-ring (bicyclic) bond motifs is 1. The highest BCUT2D eigenvalue weighted by Crippen LogP contribution is 2.31. The normalized spacial score (nSPS) is 20.5. The van der Waals surface area contributed by atoms with Crippen LogP contribution in [0.25, 0.3) is 11.0 Å². The molecule has 1 saturated carbocycles. The average Bonchev–Trinajstić information content (AvgIpc) is 3.40. The van der Waals surface area contributed by atoms with Crippen LogP contribution in [-0.2, 0) is 10.0 Å². The molecule has 0 amide bonds. The van der Waals surface area contributed by atoms with Crippen LogP contribution in [0.5, 0.6) is 0 Å². The van der Waals surface area contributed by atoms with Gasteiger partial charge in [0.2, 0.25) is 10.0 Å². The van der Waals surface area contributed by atoms with E-state index in [4.69, 9.17) is 0 Å². The van der Waals surface area contributed by atoms with Crippen molar-refractivity contribution in [2.75, 3.05) is 31.1 Å². The fourth-order valence-corrected chi connectivity index (χ4v) is 4.67. The number of hydrogen-bond donors (Lipinski definition) is 0. The van der Waals surface area contributed by atoms with Crippen LogP contribution in [-0.4, -0.2) is 54.1 Å². The Bertz CT molecular complexity index is 796. The van der Waals surface area contributed by atoms with Gasteiger partial charge in [-0.05, 0) is 25.0 Å². The lowest BCUT2D eigenvalue weighted by Gasteiger charge is -2.34. The molecule has 0 bridgehead atoms. The molecule has 116 valence electrons. The Morgan fingerprint density at radius 1 is 1.00 bits per heavy atom. The first-order valence-corrected chi connectivity index (χ1v) is 9.10. The summed E-state index contributed by atoms with van der Waals surface area (Å²) in [4.78, 5) is 11.2. The Kier molecular flexibility index (Phi) is 3.27. The highest BCUT2D eigenvalue weighted by molar-refractivity contribution is 7.90. The molecule has 0 spiro atoms. The van der Waals surface area contributed by atoms with Crippen molar-refractivity contribution < 1.29 is 8.42 Å². The minimum Gasteiger partial charge on any atom is -0.353 e. The highest BCUT2D eigenvalue weighted by Gasteiger charge is 2.41. The van der Waals surface area contributed by atoms with Gasteiger partial charge in [-0.1, -0.05) is 12.1 Å². The SMILES string of the molecule is O=S(=O)(C1CC1)N1CCN(c2cnc3ccccc3n2)CC1. The summed E-state index contributed by atoms with van der Waals surface area (Å²) in [5.41, 5.74) is 1.74. The number of para-hydroxylation sites is 2. The number of anilines is 1. The molecule has 1 aliphatic heterocycles. The molecule has 1 aromatic carbocycles. The zero-order valence-electron chi connectivity index (χ0n) is 12.2. The van der Waals surface area contributed by atoms with Crippen molar-refractivity contribution in [2.24, 2.45) is 0 Å². The molecule has 22 heavy (non-hydrogen) atoms. The number of sulfonamides is 1. The third-order valence-corrected chi connectivity index (χ3v) is 6.70. The van der Waals surface area contributed by atoms with E-state index in [0.29, 0.717) is 26.2 Å². The maximum atomic E-state index is 12.2. The first-order chi connectivity index (χ1) is 10.6. The molecule has 1 aliphatic carbocycles. The minimum absolute atomic E-state index is 0.125. The summed E-state index contributed by atoms with van der Waals surface area (Å²) >= 11 is 0. The van der Waals surface area contributed by atoms with Gasteiger partial charge in [-0.3, -0.25) is 4.98 Å². The smallest absolute Gasteiger partial charge is 0.217 e. The predicted octanol–water partition coefficient (Wildman–Crippen LogP) is 1.24. The van der Waals surface area contributed by atoms with Crippen LogP contribution < -0.4 is 4.90 Å². The van der Waals surface area contributed by atoms with Crippen molar-refractivity contribution in [3.8, 4) is 0 Å². The van der Waals surface area contributed by atoms with Crippen molar-refractivity contribution in [3.05, 3.63) is 30.5 Å². The maximum Gasteiger partial charge on any atom is 0.217 e. The zero-order chi connectivity index (χ0) is 15.2. The van der Waals surface area contributed by atoms with Crippen molar-refractivity contribution >= 4 is 26.9 Å². The maximum absolute atomic E-state index is 12.2. The van der Waals surface area contributed by atoms with Gasteiger partial charge in [0.05, 0.1) is 22.5 Å². The Balaban J connectivity index is 1.50. The molecular formula is C15H18N4O2S. The summed E-state index contributed by atoms with van der Waals surface area (Å²) in [5.74, 6) is 0.821. The summed E-state index contributed by atoms with van der Waals surface area (Å²) < 4.78 is 26.1. The fraction of sp³-hybridized carbons (Fsp3) is 0.467. The van der Waals surface area contributed by atoms with Gasteiger partial charge in [0, 0.05) is 26.2 Å². The van der Waals surface area contributed by atoms with Gasteiger partial charge in [0.25, 0.3) is 0 Å².